The molecule has 9 heteroatoms. The Morgan fingerprint density at radius 1 is 1.28 bits per heavy atom. The highest BCUT2D eigenvalue weighted by Crippen LogP contribution is 2.60. The molecule has 1 aliphatic rings. The second-order valence-electron chi connectivity index (χ2n) is 6.54. The zero-order valence-corrected chi connectivity index (χ0v) is 16.6. The van der Waals surface area contributed by atoms with Gasteiger partial charge < -0.3 is 19.8 Å². The number of ether oxygens (including phenoxy) is 1. The fourth-order valence-corrected chi connectivity index (χ4v) is 4.83. The second kappa shape index (κ2) is 8.31. The summed E-state index contributed by atoms with van der Waals surface area (Å²) in [7, 11) is -2.72. The van der Waals surface area contributed by atoms with Gasteiger partial charge in [-0.25, -0.2) is 9.97 Å². The van der Waals surface area contributed by atoms with Gasteiger partial charge in [-0.2, -0.15) is 0 Å². The average molecular weight is 392 g/mol. The molecular formula is C16H27ClN3O4P. The minimum Gasteiger partial charge on any atom is -0.381 e. The number of rotatable bonds is 7. The molecule has 0 amide bonds. The normalized spacial score (nSPS) is 22.0. The molecule has 0 unspecified atom stereocenters. The first kappa shape index (κ1) is 20.6. The van der Waals surface area contributed by atoms with Crippen LogP contribution in [0.4, 0.5) is 5.82 Å². The Hall–Kier alpha value is -0.720. The van der Waals surface area contributed by atoms with Crippen molar-refractivity contribution in [2.24, 2.45) is 0 Å². The maximum Gasteiger partial charge on any atom is 0.339 e. The van der Waals surface area contributed by atoms with E-state index in [0.717, 1.165) is 25.7 Å². The fourth-order valence-electron chi connectivity index (χ4n) is 3.46. The van der Waals surface area contributed by atoms with Gasteiger partial charge in [0.25, 0.3) is 0 Å². The lowest BCUT2D eigenvalue weighted by Gasteiger charge is -2.32. The first-order valence-corrected chi connectivity index (χ1v) is 10.6. The van der Waals surface area contributed by atoms with Gasteiger partial charge in [-0.05, 0) is 38.5 Å². The number of aromatic nitrogens is 2. The molecule has 1 saturated carbocycles. The lowest BCUT2D eigenvalue weighted by molar-refractivity contribution is 0.0681. The molecule has 1 aromatic rings. The van der Waals surface area contributed by atoms with Gasteiger partial charge in [0.15, 0.2) is 5.82 Å². The summed E-state index contributed by atoms with van der Waals surface area (Å²) in [6.07, 6.45) is 4.58. The van der Waals surface area contributed by atoms with Crippen molar-refractivity contribution >= 4 is 25.0 Å². The molecule has 0 spiro atoms. The molecule has 0 aromatic carbocycles. The van der Waals surface area contributed by atoms with Gasteiger partial charge in [0.1, 0.15) is 16.1 Å². The predicted octanol–water partition coefficient (Wildman–Crippen LogP) is 3.69. The van der Waals surface area contributed by atoms with Gasteiger partial charge in [-0.1, -0.05) is 25.4 Å². The van der Waals surface area contributed by atoms with E-state index in [-0.39, 0.29) is 29.9 Å². The Morgan fingerprint density at radius 2 is 1.88 bits per heavy atom. The third-order valence-corrected chi connectivity index (χ3v) is 7.34. The summed E-state index contributed by atoms with van der Waals surface area (Å²) in [5, 5.41) is 2.10. The number of anilines is 1. The number of methoxy groups -OCH3 is 1. The highest BCUT2D eigenvalue weighted by molar-refractivity contribution is 7.53. The number of nitrogens with one attached hydrogen (secondary N) is 1. The lowest BCUT2D eigenvalue weighted by atomic mass is 9.93. The SMILES string of the molecule is CCC(CC)(c1nc(Cl)cc(NC2CCC(OC)CC2)n1)P(=O)(O)O. The van der Waals surface area contributed by atoms with E-state index in [9.17, 15) is 14.4 Å². The fraction of sp³-hybridized carbons (Fsp3) is 0.750. The summed E-state index contributed by atoms with van der Waals surface area (Å²) in [5.74, 6) is 0.613. The Labute approximate surface area is 153 Å². The molecule has 0 saturated heterocycles. The van der Waals surface area contributed by atoms with Crippen molar-refractivity contribution in [3.05, 3.63) is 17.0 Å². The molecule has 142 valence electrons. The zero-order valence-electron chi connectivity index (χ0n) is 14.9. The summed E-state index contributed by atoms with van der Waals surface area (Å²) in [5.41, 5.74) is 0. The van der Waals surface area contributed by atoms with Gasteiger partial charge in [-0.15, -0.1) is 0 Å². The van der Waals surface area contributed by atoms with Crippen LogP contribution in [0.1, 0.15) is 58.2 Å². The third kappa shape index (κ3) is 4.52. The van der Waals surface area contributed by atoms with E-state index in [4.69, 9.17) is 16.3 Å². The predicted molar refractivity (Wildman–Crippen MR) is 98.0 cm³/mol. The van der Waals surface area contributed by atoms with Gasteiger partial charge in [0, 0.05) is 19.2 Å². The van der Waals surface area contributed by atoms with Crippen molar-refractivity contribution < 1.29 is 19.1 Å². The van der Waals surface area contributed by atoms with Crippen LogP contribution in [0.2, 0.25) is 5.15 Å². The molecule has 3 N–H and O–H groups in total. The summed E-state index contributed by atoms with van der Waals surface area (Å²) >= 11 is 6.12. The van der Waals surface area contributed by atoms with Crippen LogP contribution in [0.5, 0.6) is 0 Å². The summed E-state index contributed by atoms with van der Waals surface area (Å²) in [4.78, 5) is 28.3. The van der Waals surface area contributed by atoms with Crippen molar-refractivity contribution in [1.82, 2.24) is 9.97 Å². The first-order valence-electron chi connectivity index (χ1n) is 8.65. The van der Waals surface area contributed by atoms with Crippen molar-refractivity contribution in [2.75, 3.05) is 12.4 Å². The molecule has 1 heterocycles. The maximum absolute atomic E-state index is 12.1. The molecule has 7 nitrogen and oxygen atoms in total. The standard InChI is InChI=1S/C16H27ClN3O4P/c1-4-16(5-2,25(21,22)23)15-19-13(17)10-14(20-15)18-11-6-8-12(24-3)9-7-11/h10-12H,4-9H2,1-3H3,(H,18,19,20)(H2,21,22,23). The highest BCUT2D eigenvalue weighted by Gasteiger charge is 2.48. The second-order valence-corrected chi connectivity index (χ2v) is 8.87. The molecule has 1 aromatic heterocycles. The van der Waals surface area contributed by atoms with E-state index in [1.54, 1.807) is 27.0 Å². The maximum atomic E-state index is 12.1. The van der Waals surface area contributed by atoms with Crippen LogP contribution in [0, 0.1) is 0 Å². The minimum atomic E-state index is -4.45. The lowest BCUT2D eigenvalue weighted by Crippen LogP contribution is -2.31. The molecule has 25 heavy (non-hydrogen) atoms. The third-order valence-electron chi connectivity index (χ3n) is 5.20. The van der Waals surface area contributed by atoms with Gasteiger partial charge in [0.2, 0.25) is 0 Å². The van der Waals surface area contributed by atoms with Gasteiger partial charge in [0.05, 0.1) is 6.10 Å². The number of hydrogen-bond donors (Lipinski definition) is 3. The Bertz CT molecular complexity index is 628. The Morgan fingerprint density at radius 3 is 2.36 bits per heavy atom. The van der Waals surface area contributed by atoms with Crippen molar-refractivity contribution in [2.45, 2.75) is 69.7 Å². The number of halogens is 1. The molecule has 0 bridgehead atoms. The summed E-state index contributed by atoms with van der Waals surface area (Å²) in [6.45, 7) is 3.46. The minimum absolute atomic E-state index is 0.103. The Balaban J connectivity index is 2.27. The molecule has 0 radical (unpaired) electrons. The molecule has 0 atom stereocenters. The quantitative estimate of drug-likeness (QED) is 0.480. The van der Waals surface area contributed by atoms with Crippen LogP contribution < -0.4 is 5.32 Å². The molecule has 1 aliphatic carbocycles. The first-order chi connectivity index (χ1) is 11.8. The van der Waals surface area contributed by atoms with E-state index >= 15 is 0 Å². The zero-order chi connectivity index (χ0) is 18.7. The molecule has 2 rings (SSSR count). The van der Waals surface area contributed by atoms with Crippen LogP contribution >= 0.6 is 19.2 Å². The van der Waals surface area contributed by atoms with E-state index in [0.29, 0.717) is 11.9 Å². The van der Waals surface area contributed by atoms with Gasteiger partial charge >= 0.3 is 7.60 Å². The van der Waals surface area contributed by atoms with E-state index in [2.05, 4.69) is 15.3 Å². The van der Waals surface area contributed by atoms with Gasteiger partial charge in [-0.3, -0.25) is 4.57 Å². The smallest absolute Gasteiger partial charge is 0.339 e. The number of hydrogen-bond acceptors (Lipinski definition) is 5. The van der Waals surface area contributed by atoms with E-state index in [1.165, 1.54) is 0 Å². The largest absolute Gasteiger partial charge is 0.381 e. The number of nitrogens with zero attached hydrogens (tertiary/aromatic N) is 2. The molecule has 1 fully saturated rings. The highest BCUT2D eigenvalue weighted by atomic mass is 35.5. The van der Waals surface area contributed by atoms with Crippen molar-refractivity contribution in [1.29, 1.82) is 0 Å². The van der Waals surface area contributed by atoms with Crippen LogP contribution in [0.3, 0.4) is 0 Å². The van der Waals surface area contributed by atoms with Crippen molar-refractivity contribution in [3.8, 4) is 0 Å². The van der Waals surface area contributed by atoms with Crippen molar-refractivity contribution in [3.63, 3.8) is 0 Å². The van der Waals surface area contributed by atoms with Crippen LogP contribution in [0.15, 0.2) is 6.07 Å². The van der Waals surface area contributed by atoms with Crippen LogP contribution in [0.25, 0.3) is 0 Å². The average Bonchev–Trinajstić information content (AvgIpc) is 2.55. The molecule has 0 aliphatic heterocycles. The summed E-state index contributed by atoms with van der Waals surface area (Å²) < 4.78 is 17.5. The summed E-state index contributed by atoms with van der Waals surface area (Å²) in [6, 6.07) is 1.83. The van der Waals surface area contributed by atoms with E-state index < -0.39 is 12.8 Å². The Kier molecular flexibility index (Phi) is 6.85. The topological polar surface area (TPSA) is 105 Å². The van der Waals surface area contributed by atoms with E-state index in [1.807, 2.05) is 0 Å². The monoisotopic (exact) mass is 391 g/mol. The van der Waals surface area contributed by atoms with Crippen LogP contribution in [-0.4, -0.2) is 39.0 Å². The molecular weight excluding hydrogens is 365 g/mol. The van der Waals surface area contributed by atoms with Crippen LogP contribution in [-0.2, 0) is 14.5 Å².